The third-order valence-corrected chi connectivity index (χ3v) is 5.16. The predicted octanol–water partition coefficient (Wildman–Crippen LogP) is 2.44. The number of anilines is 2. The van der Waals surface area contributed by atoms with Crippen LogP contribution in [-0.2, 0) is 6.54 Å². The van der Waals surface area contributed by atoms with Crippen LogP contribution in [-0.4, -0.2) is 47.0 Å². The molecule has 7 heteroatoms. The van der Waals surface area contributed by atoms with Gasteiger partial charge in [-0.3, -0.25) is 4.79 Å². The van der Waals surface area contributed by atoms with Gasteiger partial charge >= 0.3 is 0 Å². The molecule has 1 N–H and O–H groups in total. The Kier molecular flexibility index (Phi) is 5.65. The van der Waals surface area contributed by atoms with E-state index >= 15 is 0 Å². The molecule has 3 heterocycles. The van der Waals surface area contributed by atoms with Gasteiger partial charge in [-0.2, -0.15) is 0 Å². The van der Waals surface area contributed by atoms with Gasteiger partial charge in [0.15, 0.2) is 0 Å². The number of amides is 1. The molecule has 2 aromatic heterocycles. The van der Waals surface area contributed by atoms with Crippen LogP contribution in [0, 0.1) is 6.92 Å². The Balaban J connectivity index is 1.32. The van der Waals surface area contributed by atoms with E-state index in [1.54, 1.807) is 24.7 Å². The van der Waals surface area contributed by atoms with E-state index < -0.39 is 0 Å². The van der Waals surface area contributed by atoms with Crippen LogP contribution in [0.25, 0.3) is 0 Å². The zero-order valence-corrected chi connectivity index (χ0v) is 16.5. The average molecular weight is 388 g/mol. The Morgan fingerprint density at radius 1 is 0.931 bits per heavy atom. The lowest BCUT2D eigenvalue weighted by atomic mass is 10.1. The van der Waals surface area contributed by atoms with Crippen LogP contribution in [0.15, 0.2) is 61.1 Å². The maximum Gasteiger partial charge on any atom is 0.270 e. The molecule has 1 aromatic carbocycles. The number of rotatable bonds is 5. The summed E-state index contributed by atoms with van der Waals surface area (Å²) in [5, 5.41) is 2.94. The Labute approximate surface area is 170 Å². The van der Waals surface area contributed by atoms with Gasteiger partial charge < -0.3 is 15.1 Å². The first-order valence-corrected chi connectivity index (χ1v) is 9.76. The summed E-state index contributed by atoms with van der Waals surface area (Å²) in [5.41, 5.74) is 3.72. The van der Waals surface area contributed by atoms with Crippen molar-refractivity contribution in [3.63, 3.8) is 0 Å². The summed E-state index contributed by atoms with van der Waals surface area (Å²) < 4.78 is 0. The third kappa shape index (κ3) is 4.51. The van der Waals surface area contributed by atoms with Crippen molar-refractivity contribution in [2.75, 3.05) is 36.0 Å². The highest BCUT2D eigenvalue weighted by Crippen LogP contribution is 2.17. The van der Waals surface area contributed by atoms with Crippen molar-refractivity contribution in [1.82, 2.24) is 20.3 Å². The topological polar surface area (TPSA) is 74.2 Å². The Morgan fingerprint density at radius 2 is 1.66 bits per heavy atom. The number of pyridine rings is 1. The molecule has 0 aliphatic carbocycles. The van der Waals surface area contributed by atoms with Gasteiger partial charge in [0.05, 0.1) is 11.9 Å². The molecule has 1 aliphatic rings. The highest BCUT2D eigenvalue weighted by Gasteiger charge is 2.19. The predicted molar refractivity (Wildman–Crippen MR) is 113 cm³/mol. The van der Waals surface area contributed by atoms with Crippen LogP contribution >= 0.6 is 0 Å². The van der Waals surface area contributed by atoms with Gasteiger partial charge in [0.2, 0.25) is 5.95 Å². The normalized spacial score (nSPS) is 14.0. The Morgan fingerprint density at radius 3 is 2.34 bits per heavy atom. The fraction of sp³-hybridized carbons (Fsp3) is 0.273. The van der Waals surface area contributed by atoms with Crippen LogP contribution in [0.5, 0.6) is 0 Å². The summed E-state index contributed by atoms with van der Waals surface area (Å²) in [6.07, 6.45) is 5.31. The summed E-state index contributed by atoms with van der Waals surface area (Å²) in [7, 11) is 0. The number of piperazine rings is 1. The monoisotopic (exact) mass is 388 g/mol. The molecular formula is C22H24N6O. The van der Waals surface area contributed by atoms with Gasteiger partial charge in [-0.25, -0.2) is 15.0 Å². The van der Waals surface area contributed by atoms with Gasteiger partial charge in [-0.05, 0) is 36.2 Å². The van der Waals surface area contributed by atoms with Crippen molar-refractivity contribution in [3.05, 3.63) is 77.9 Å². The summed E-state index contributed by atoms with van der Waals surface area (Å²) >= 11 is 0. The molecular weight excluding hydrogens is 364 g/mol. The molecule has 1 saturated heterocycles. The number of benzene rings is 1. The summed E-state index contributed by atoms with van der Waals surface area (Å²) in [4.78, 5) is 29.9. The minimum absolute atomic E-state index is 0.161. The third-order valence-electron chi connectivity index (χ3n) is 5.16. The van der Waals surface area contributed by atoms with Gasteiger partial charge in [-0.1, -0.05) is 24.3 Å². The Hall–Kier alpha value is -3.48. The van der Waals surface area contributed by atoms with Crippen LogP contribution in [0.2, 0.25) is 0 Å². The molecule has 4 rings (SSSR count). The first-order chi connectivity index (χ1) is 14.2. The zero-order valence-electron chi connectivity index (χ0n) is 16.5. The number of hydrogen-bond donors (Lipinski definition) is 1. The van der Waals surface area contributed by atoms with Crippen LogP contribution in [0.1, 0.15) is 21.6 Å². The van der Waals surface area contributed by atoms with Crippen molar-refractivity contribution in [2.45, 2.75) is 13.5 Å². The van der Waals surface area contributed by atoms with Gasteiger partial charge in [0.1, 0.15) is 5.69 Å². The summed E-state index contributed by atoms with van der Waals surface area (Å²) in [6, 6.07) is 13.6. The van der Waals surface area contributed by atoms with E-state index in [4.69, 9.17) is 0 Å². The highest BCUT2D eigenvalue weighted by molar-refractivity contribution is 5.92. The van der Waals surface area contributed by atoms with Gasteiger partial charge in [0, 0.05) is 45.1 Å². The van der Waals surface area contributed by atoms with Gasteiger partial charge in [-0.15, -0.1) is 0 Å². The van der Waals surface area contributed by atoms with Crippen LogP contribution < -0.4 is 15.1 Å². The molecule has 0 saturated carbocycles. The smallest absolute Gasteiger partial charge is 0.270 e. The number of nitrogens with zero attached hydrogens (tertiary/aromatic N) is 5. The Bertz CT molecular complexity index is 953. The number of aryl methyl sites for hydroxylation is 1. The fourth-order valence-corrected chi connectivity index (χ4v) is 3.40. The zero-order chi connectivity index (χ0) is 20.1. The molecule has 29 heavy (non-hydrogen) atoms. The fourth-order valence-electron chi connectivity index (χ4n) is 3.40. The largest absolute Gasteiger partial charge is 0.367 e. The second kappa shape index (κ2) is 8.68. The molecule has 0 atom stereocenters. The number of aromatic nitrogens is 3. The van der Waals surface area contributed by atoms with Crippen molar-refractivity contribution < 1.29 is 4.79 Å². The maximum absolute atomic E-state index is 12.4. The number of hydrogen-bond acceptors (Lipinski definition) is 6. The molecule has 1 amide bonds. The van der Waals surface area contributed by atoms with E-state index in [1.807, 2.05) is 43.3 Å². The maximum atomic E-state index is 12.4. The van der Waals surface area contributed by atoms with Crippen molar-refractivity contribution in [3.8, 4) is 0 Å². The lowest BCUT2D eigenvalue weighted by Gasteiger charge is -2.35. The van der Waals surface area contributed by atoms with E-state index in [-0.39, 0.29) is 5.91 Å². The second-order valence-corrected chi connectivity index (χ2v) is 7.03. The molecule has 1 aliphatic heterocycles. The molecule has 0 radical (unpaired) electrons. The first kappa shape index (κ1) is 18.9. The lowest BCUT2D eigenvalue weighted by Crippen LogP contribution is -2.47. The number of carbonyl (C=O) groups is 1. The molecule has 148 valence electrons. The number of nitrogens with one attached hydrogen (secondary N) is 1. The molecule has 1 fully saturated rings. The van der Waals surface area contributed by atoms with E-state index in [1.165, 1.54) is 0 Å². The minimum atomic E-state index is -0.161. The first-order valence-electron chi connectivity index (χ1n) is 9.76. The van der Waals surface area contributed by atoms with E-state index in [0.717, 1.165) is 48.9 Å². The highest BCUT2D eigenvalue weighted by atomic mass is 16.1. The molecule has 3 aromatic rings. The SMILES string of the molecule is Cc1ccccc1CNC(=O)c1ccc(N2CCN(c3ncccn3)CC2)cn1. The standard InChI is InChI=1S/C22H24N6O/c1-17-5-2-3-6-18(17)15-26-21(29)20-8-7-19(16-25-20)27-11-13-28(14-12-27)22-23-9-4-10-24-22/h2-10,16H,11-15H2,1H3,(H,26,29). The lowest BCUT2D eigenvalue weighted by molar-refractivity contribution is 0.0946. The molecule has 7 nitrogen and oxygen atoms in total. The molecule has 0 unspecified atom stereocenters. The molecule has 0 spiro atoms. The van der Waals surface area contributed by atoms with Gasteiger partial charge in [0.25, 0.3) is 5.91 Å². The van der Waals surface area contributed by atoms with Crippen molar-refractivity contribution in [1.29, 1.82) is 0 Å². The van der Waals surface area contributed by atoms with Crippen LogP contribution in [0.4, 0.5) is 11.6 Å². The minimum Gasteiger partial charge on any atom is -0.367 e. The van der Waals surface area contributed by atoms with Crippen LogP contribution in [0.3, 0.4) is 0 Å². The van der Waals surface area contributed by atoms with E-state index in [9.17, 15) is 4.79 Å². The average Bonchev–Trinajstić information content (AvgIpc) is 2.79. The quantitative estimate of drug-likeness (QED) is 0.724. The second-order valence-electron chi connectivity index (χ2n) is 7.03. The van der Waals surface area contributed by atoms with Crippen molar-refractivity contribution >= 4 is 17.5 Å². The van der Waals surface area contributed by atoms with E-state index in [2.05, 4.69) is 30.1 Å². The molecule has 0 bridgehead atoms. The summed E-state index contributed by atoms with van der Waals surface area (Å²) in [5.74, 6) is 0.608. The summed E-state index contributed by atoms with van der Waals surface area (Å²) in [6.45, 7) is 5.96. The van der Waals surface area contributed by atoms with E-state index in [0.29, 0.717) is 12.2 Å². The number of carbonyl (C=O) groups excluding carboxylic acids is 1. The van der Waals surface area contributed by atoms with Crippen molar-refractivity contribution in [2.24, 2.45) is 0 Å².